The molecule has 1 fully saturated rings. The Kier molecular flexibility index (Phi) is 4.74. The van der Waals surface area contributed by atoms with Gasteiger partial charge in [-0.15, -0.1) is 0 Å². The number of halogens is 2. The lowest BCUT2D eigenvalue weighted by molar-refractivity contribution is 0.192. The van der Waals surface area contributed by atoms with E-state index in [9.17, 15) is 13.6 Å². The van der Waals surface area contributed by atoms with E-state index in [-0.39, 0.29) is 12.6 Å². The van der Waals surface area contributed by atoms with Crippen molar-refractivity contribution in [3.63, 3.8) is 0 Å². The van der Waals surface area contributed by atoms with Crippen LogP contribution in [0.2, 0.25) is 0 Å². The molecular weight excluding hydrogens is 328 g/mol. The minimum Gasteiger partial charge on any atom is -0.495 e. The second-order valence-corrected chi connectivity index (χ2v) is 5.89. The number of urea groups is 1. The van der Waals surface area contributed by atoms with Crippen molar-refractivity contribution >= 4 is 17.4 Å². The maximum absolute atomic E-state index is 13.4. The molecule has 25 heavy (non-hydrogen) atoms. The quantitative estimate of drug-likeness (QED) is 0.863. The first kappa shape index (κ1) is 17.0. The van der Waals surface area contributed by atoms with E-state index in [2.05, 4.69) is 0 Å². The molecule has 2 amide bonds. The summed E-state index contributed by atoms with van der Waals surface area (Å²) < 4.78 is 31.8. The van der Waals surface area contributed by atoms with E-state index in [0.29, 0.717) is 35.8 Å². The molecule has 2 aromatic rings. The Balaban J connectivity index is 1.83. The number of nitrogens with two attached hydrogens (primary N) is 1. The Hall–Kier alpha value is -2.83. The predicted octanol–water partition coefficient (Wildman–Crippen LogP) is 3.39. The van der Waals surface area contributed by atoms with Crippen molar-refractivity contribution in [2.75, 3.05) is 30.8 Å². The fraction of sp³-hybridized carbons (Fsp3) is 0.278. The highest BCUT2D eigenvalue weighted by Gasteiger charge is 2.29. The lowest BCUT2D eigenvalue weighted by Gasteiger charge is -2.36. The number of hydrogen-bond acceptors (Lipinski definition) is 3. The van der Waals surface area contributed by atoms with Crippen LogP contribution in [0.25, 0.3) is 0 Å². The highest BCUT2D eigenvalue weighted by molar-refractivity contribution is 5.95. The summed E-state index contributed by atoms with van der Waals surface area (Å²) in [6, 6.07) is 8.55. The van der Waals surface area contributed by atoms with Gasteiger partial charge in [-0.05, 0) is 42.3 Å². The highest BCUT2D eigenvalue weighted by Crippen LogP contribution is 2.32. The fourth-order valence-electron chi connectivity index (χ4n) is 2.93. The standard InChI is InChI=1S/C18H19F2N3O2/c1-25-17-6-4-13(21)10-16(17)23-8-2-7-22(18(23)24)11-12-3-5-14(19)15(20)9-12/h3-6,9-10H,2,7-8,11,21H2,1H3. The predicted molar refractivity (Wildman–Crippen MR) is 91.5 cm³/mol. The molecular formula is C18H19F2N3O2. The molecule has 1 aliphatic heterocycles. The number of carbonyl (C=O) groups is 1. The first-order valence-corrected chi connectivity index (χ1v) is 7.93. The van der Waals surface area contributed by atoms with E-state index < -0.39 is 11.6 Å². The third-order valence-electron chi connectivity index (χ3n) is 4.16. The third-order valence-corrected chi connectivity index (χ3v) is 4.16. The molecule has 0 spiro atoms. The summed E-state index contributed by atoms with van der Waals surface area (Å²) in [4.78, 5) is 16.0. The Labute approximate surface area is 144 Å². The van der Waals surface area contributed by atoms with E-state index in [1.54, 1.807) is 28.0 Å². The summed E-state index contributed by atoms with van der Waals surface area (Å²) in [6.07, 6.45) is 0.743. The van der Waals surface area contributed by atoms with Gasteiger partial charge in [-0.1, -0.05) is 6.07 Å². The molecule has 0 radical (unpaired) electrons. The zero-order valence-corrected chi connectivity index (χ0v) is 13.8. The van der Waals surface area contributed by atoms with Crippen LogP contribution in [-0.4, -0.2) is 31.1 Å². The number of carbonyl (C=O) groups excluding carboxylic acids is 1. The largest absolute Gasteiger partial charge is 0.495 e. The average Bonchev–Trinajstić information content (AvgIpc) is 2.60. The number of amides is 2. The van der Waals surface area contributed by atoms with Crippen LogP contribution in [0.4, 0.5) is 25.0 Å². The van der Waals surface area contributed by atoms with Crippen LogP contribution in [0.5, 0.6) is 5.75 Å². The van der Waals surface area contributed by atoms with Gasteiger partial charge in [-0.25, -0.2) is 13.6 Å². The lowest BCUT2D eigenvalue weighted by Crippen LogP contribution is -2.49. The van der Waals surface area contributed by atoms with Gasteiger partial charge in [0.2, 0.25) is 0 Å². The molecule has 2 aromatic carbocycles. The molecule has 7 heteroatoms. The summed E-state index contributed by atoms with van der Waals surface area (Å²) in [5.41, 5.74) is 7.50. The number of ether oxygens (including phenoxy) is 1. The maximum atomic E-state index is 13.4. The molecule has 0 bridgehead atoms. The number of rotatable bonds is 4. The maximum Gasteiger partial charge on any atom is 0.324 e. The van der Waals surface area contributed by atoms with Crippen molar-refractivity contribution in [2.45, 2.75) is 13.0 Å². The molecule has 3 rings (SSSR count). The molecule has 1 saturated heterocycles. The van der Waals surface area contributed by atoms with Gasteiger partial charge in [0, 0.05) is 25.3 Å². The minimum atomic E-state index is -0.920. The van der Waals surface area contributed by atoms with Crippen molar-refractivity contribution in [1.29, 1.82) is 0 Å². The van der Waals surface area contributed by atoms with E-state index in [1.807, 2.05) is 0 Å². The lowest BCUT2D eigenvalue weighted by atomic mass is 10.1. The van der Waals surface area contributed by atoms with Gasteiger partial charge in [0.05, 0.1) is 12.8 Å². The zero-order chi connectivity index (χ0) is 18.0. The Bertz CT molecular complexity index is 798. The first-order valence-electron chi connectivity index (χ1n) is 7.93. The number of nitrogen functional groups attached to an aromatic ring is 1. The highest BCUT2D eigenvalue weighted by atomic mass is 19.2. The van der Waals surface area contributed by atoms with Crippen molar-refractivity contribution in [2.24, 2.45) is 0 Å². The summed E-state index contributed by atoms with van der Waals surface area (Å²) in [6.45, 7) is 1.28. The molecule has 0 aliphatic carbocycles. The monoisotopic (exact) mass is 347 g/mol. The zero-order valence-electron chi connectivity index (χ0n) is 13.8. The summed E-state index contributed by atoms with van der Waals surface area (Å²) in [5.74, 6) is -1.27. The first-order chi connectivity index (χ1) is 12.0. The van der Waals surface area contributed by atoms with Crippen LogP contribution < -0.4 is 15.4 Å². The topological polar surface area (TPSA) is 58.8 Å². The Morgan fingerprint density at radius 3 is 2.64 bits per heavy atom. The molecule has 5 nitrogen and oxygen atoms in total. The molecule has 0 atom stereocenters. The summed E-state index contributed by atoms with van der Waals surface area (Å²) >= 11 is 0. The number of anilines is 2. The number of methoxy groups -OCH3 is 1. The number of hydrogen-bond donors (Lipinski definition) is 1. The summed E-state index contributed by atoms with van der Waals surface area (Å²) in [5, 5.41) is 0. The molecule has 0 unspecified atom stereocenters. The third kappa shape index (κ3) is 3.50. The SMILES string of the molecule is COc1ccc(N)cc1N1CCCN(Cc2ccc(F)c(F)c2)C1=O. The van der Waals surface area contributed by atoms with Crippen molar-refractivity contribution in [3.8, 4) is 5.75 Å². The smallest absolute Gasteiger partial charge is 0.324 e. The molecule has 0 saturated carbocycles. The van der Waals surface area contributed by atoms with Crippen LogP contribution in [0.1, 0.15) is 12.0 Å². The number of benzene rings is 2. The normalized spacial score (nSPS) is 14.8. The van der Waals surface area contributed by atoms with Crippen LogP contribution in [0.3, 0.4) is 0 Å². The van der Waals surface area contributed by atoms with Gasteiger partial charge in [0.15, 0.2) is 11.6 Å². The van der Waals surface area contributed by atoms with Crippen LogP contribution in [0, 0.1) is 11.6 Å². The van der Waals surface area contributed by atoms with Gasteiger partial charge in [0.25, 0.3) is 0 Å². The Morgan fingerprint density at radius 1 is 1.12 bits per heavy atom. The second kappa shape index (κ2) is 6.96. The van der Waals surface area contributed by atoms with E-state index in [0.717, 1.165) is 18.6 Å². The van der Waals surface area contributed by atoms with Gasteiger partial charge < -0.3 is 15.4 Å². The van der Waals surface area contributed by atoms with Gasteiger partial charge >= 0.3 is 6.03 Å². The molecule has 2 N–H and O–H groups in total. The summed E-state index contributed by atoms with van der Waals surface area (Å²) in [7, 11) is 1.53. The van der Waals surface area contributed by atoms with E-state index >= 15 is 0 Å². The van der Waals surface area contributed by atoms with Crippen LogP contribution in [-0.2, 0) is 6.54 Å². The molecule has 0 aromatic heterocycles. The average molecular weight is 347 g/mol. The number of nitrogens with zero attached hydrogens (tertiary/aromatic N) is 2. The molecule has 1 heterocycles. The van der Waals surface area contributed by atoms with Gasteiger partial charge in [-0.3, -0.25) is 4.90 Å². The molecule has 1 aliphatic rings. The van der Waals surface area contributed by atoms with Crippen LogP contribution >= 0.6 is 0 Å². The fourth-order valence-corrected chi connectivity index (χ4v) is 2.93. The minimum absolute atomic E-state index is 0.206. The van der Waals surface area contributed by atoms with Gasteiger partial charge in [0.1, 0.15) is 5.75 Å². The van der Waals surface area contributed by atoms with Crippen molar-refractivity contribution < 1.29 is 18.3 Å². The van der Waals surface area contributed by atoms with Crippen molar-refractivity contribution in [3.05, 3.63) is 53.6 Å². The molecule has 132 valence electrons. The van der Waals surface area contributed by atoms with Crippen molar-refractivity contribution in [1.82, 2.24) is 4.90 Å². The second-order valence-electron chi connectivity index (χ2n) is 5.89. The Morgan fingerprint density at radius 2 is 1.92 bits per heavy atom. The van der Waals surface area contributed by atoms with E-state index in [1.165, 1.54) is 13.2 Å². The van der Waals surface area contributed by atoms with Crippen LogP contribution in [0.15, 0.2) is 36.4 Å². The van der Waals surface area contributed by atoms with Gasteiger partial charge in [-0.2, -0.15) is 0 Å². The van der Waals surface area contributed by atoms with E-state index in [4.69, 9.17) is 10.5 Å².